The van der Waals surface area contributed by atoms with Gasteiger partial charge in [-0.15, -0.1) is 0 Å². The van der Waals surface area contributed by atoms with E-state index in [4.69, 9.17) is 4.42 Å². The molecule has 0 aliphatic rings. The predicted molar refractivity (Wildman–Crippen MR) is 264 cm³/mol. The van der Waals surface area contributed by atoms with Gasteiger partial charge in [0.05, 0.1) is 16.7 Å². The Bertz CT molecular complexity index is 3620. The van der Waals surface area contributed by atoms with E-state index in [0.29, 0.717) is 0 Å². The van der Waals surface area contributed by atoms with E-state index in [1.807, 2.05) is 6.07 Å². The van der Waals surface area contributed by atoms with Crippen molar-refractivity contribution in [2.45, 2.75) is 0 Å². The second-order valence-electron chi connectivity index (χ2n) is 16.0. The molecule has 296 valence electrons. The monoisotopic (exact) mass is 804 g/mol. The van der Waals surface area contributed by atoms with E-state index < -0.39 is 0 Å². The summed E-state index contributed by atoms with van der Waals surface area (Å²) in [5.41, 5.74) is 17.7. The molecule has 63 heavy (non-hydrogen) atoms. The summed E-state index contributed by atoms with van der Waals surface area (Å²) in [6, 6.07) is 87.0. The standard InChI is InChI=1S/C60H40N2O/c1-3-18-41(19-4-1)47-24-7-9-26-50(47)51-27-10-8-25-48(51)42-36-38-45(39-37-42)61(57-34-17-32-55-53-29-12-14-35-58(53)63-60(55)57)46-23-15-20-43(40-46)49-30-16-31-54-52-28-11-13-33-56(52)62(59(49)54)44-21-5-2-6-22-44/h1-40H. The van der Waals surface area contributed by atoms with Crippen LogP contribution in [0.1, 0.15) is 0 Å². The van der Waals surface area contributed by atoms with E-state index in [1.54, 1.807) is 0 Å². The number of para-hydroxylation sites is 5. The molecule has 0 amide bonds. The van der Waals surface area contributed by atoms with Crippen LogP contribution in [-0.2, 0) is 0 Å². The minimum atomic E-state index is 0.849. The molecule has 0 saturated heterocycles. The first-order chi connectivity index (χ1) is 31.3. The summed E-state index contributed by atoms with van der Waals surface area (Å²) in [5, 5.41) is 4.65. The van der Waals surface area contributed by atoms with Crippen molar-refractivity contribution in [3.8, 4) is 50.2 Å². The van der Waals surface area contributed by atoms with Crippen LogP contribution >= 0.6 is 0 Å². The second kappa shape index (κ2) is 15.3. The fourth-order valence-electron chi connectivity index (χ4n) is 9.59. The Labute approximate surface area is 366 Å². The summed E-state index contributed by atoms with van der Waals surface area (Å²) >= 11 is 0. The SMILES string of the molecule is c1ccc(-c2ccccc2-c2ccccc2-c2ccc(N(c3cccc(-c4cccc5c6ccccc6n(-c6ccccc6)c45)c3)c3cccc4c3oc3ccccc34)cc2)cc1. The highest BCUT2D eigenvalue weighted by atomic mass is 16.3. The Hall–Kier alpha value is -8.40. The minimum Gasteiger partial charge on any atom is -0.454 e. The molecule has 12 rings (SSSR count). The van der Waals surface area contributed by atoms with Crippen LogP contribution in [0.2, 0.25) is 0 Å². The number of fused-ring (bicyclic) bond motifs is 6. The molecule has 10 aromatic carbocycles. The molecule has 2 heterocycles. The van der Waals surface area contributed by atoms with Crippen LogP contribution in [-0.4, -0.2) is 4.57 Å². The average Bonchev–Trinajstić information content (AvgIpc) is 3.92. The lowest BCUT2D eigenvalue weighted by Crippen LogP contribution is -2.10. The Morgan fingerprint density at radius 2 is 0.873 bits per heavy atom. The smallest absolute Gasteiger partial charge is 0.159 e. The summed E-state index contributed by atoms with van der Waals surface area (Å²) < 4.78 is 9.15. The molecule has 0 aliphatic carbocycles. The quantitative estimate of drug-likeness (QED) is 0.153. The molecule has 3 nitrogen and oxygen atoms in total. The summed E-state index contributed by atoms with van der Waals surface area (Å²) in [6.45, 7) is 0. The topological polar surface area (TPSA) is 21.3 Å². The van der Waals surface area contributed by atoms with Gasteiger partial charge in [-0.1, -0.05) is 188 Å². The lowest BCUT2D eigenvalue weighted by atomic mass is 9.89. The molecule has 0 fully saturated rings. The van der Waals surface area contributed by atoms with E-state index in [0.717, 1.165) is 55.8 Å². The van der Waals surface area contributed by atoms with Crippen molar-refractivity contribution in [2.75, 3.05) is 4.90 Å². The second-order valence-corrected chi connectivity index (χ2v) is 16.0. The van der Waals surface area contributed by atoms with Gasteiger partial charge < -0.3 is 13.9 Å². The lowest BCUT2D eigenvalue weighted by molar-refractivity contribution is 0.669. The van der Waals surface area contributed by atoms with Crippen molar-refractivity contribution in [1.29, 1.82) is 0 Å². The summed E-state index contributed by atoms with van der Waals surface area (Å²) in [5.74, 6) is 0. The first-order valence-electron chi connectivity index (χ1n) is 21.5. The number of hydrogen-bond acceptors (Lipinski definition) is 2. The molecule has 0 saturated carbocycles. The highest BCUT2D eigenvalue weighted by Gasteiger charge is 2.22. The molecule has 0 aliphatic heterocycles. The fraction of sp³-hybridized carbons (Fsp3) is 0. The van der Waals surface area contributed by atoms with Gasteiger partial charge in [-0.3, -0.25) is 0 Å². The van der Waals surface area contributed by atoms with Crippen LogP contribution in [0.15, 0.2) is 247 Å². The third kappa shape index (κ3) is 6.21. The predicted octanol–water partition coefficient (Wildman–Crippen LogP) is 16.8. The highest BCUT2D eigenvalue weighted by molar-refractivity contribution is 6.14. The third-order valence-electron chi connectivity index (χ3n) is 12.4. The molecule has 0 radical (unpaired) electrons. The molecule has 0 unspecified atom stereocenters. The van der Waals surface area contributed by atoms with Crippen molar-refractivity contribution in [3.05, 3.63) is 243 Å². The van der Waals surface area contributed by atoms with Crippen LogP contribution < -0.4 is 4.90 Å². The van der Waals surface area contributed by atoms with Gasteiger partial charge >= 0.3 is 0 Å². The molecular formula is C60H40N2O. The first-order valence-corrected chi connectivity index (χ1v) is 21.5. The molecule has 0 atom stereocenters. The number of rotatable bonds is 8. The number of aromatic nitrogens is 1. The van der Waals surface area contributed by atoms with Gasteiger partial charge in [0.25, 0.3) is 0 Å². The number of benzene rings is 10. The zero-order valence-electron chi connectivity index (χ0n) is 34.4. The maximum absolute atomic E-state index is 6.74. The first kappa shape index (κ1) is 36.5. The molecular weight excluding hydrogens is 765 g/mol. The number of hydrogen-bond donors (Lipinski definition) is 0. The normalized spacial score (nSPS) is 11.5. The van der Waals surface area contributed by atoms with Crippen LogP contribution in [0, 0.1) is 0 Å². The largest absolute Gasteiger partial charge is 0.454 e. The van der Waals surface area contributed by atoms with Gasteiger partial charge in [0.1, 0.15) is 5.58 Å². The lowest BCUT2D eigenvalue weighted by Gasteiger charge is -2.26. The third-order valence-corrected chi connectivity index (χ3v) is 12.4. The summed E-state index contributed by atoms with van der Waals surface area (Å²) in [4.78, 5) is 2.35. The molecule has 0 bridgehead atoms. The molecule has 3 heteroatoms. The van der Waals surface area contributed by atoms with Gasteiger partial charge in [-0.05, 0) is 93.5 Å². The van der Waals surface area contributed by atoms with Crippen LogP contribution in [0.5, 0.6) is 0 Å². The van der Waals surface area contributed by atoms with E-state index in [1.165, 1.54) is 55.2 Å². The Morgan fingerprint density at radius 3 is 1.63 bits per heavy atom. The maximum Gasteiger partial charge on any atom is 0.159 e. The molecule has 2 aromatic heterocycles. The van der Waals surface area contributed by atoms with Gasteiger partial charge in [-0.25, -0.2) is 0 Å². The minimum absolute atomic E-state index is 0.849. The Kier molecular flexibility index (Phi) is 8.83. The average molecular weight is 805 g/mol. The van der Waals surface area contributed by atoms with Gasteiger partial charge in [0, 0.05) is 44.2 Å². The van der Waals surface area contributed by atoms with Crippen molar-refractivity contribution in [2.24, 2.45) is 0 Å². The number of furan rings is 1. The summed E-state index contributed by atoms with van der Waals surface area (Å²) in [7, 11) is 0. The molecule has 0 spiro atoms. The molecule has 0 N–H and O–H groups in total. The zero-order chi connectivity index (χ0) is 41.7. The number of nitrogens with zero attached hydrogens (tertiary/aromatic N) is 2. The van der Waals surface area contributed by atoms with E-state index >= 15 is 0 Å². The van der Waals surface area contributed by atoms with E-state index in [9.17, 15) is 0 Å². The van der Waals surface area contributed by atoms with Crippen molar-refractivity contribution in [3.63, 3.8) is 0 Å². The Balaban J connectivity index is 1.03. The van der Waals surface area contributed by atoms with Crippen LogP contribution in [0.4, 0.5) is 17.1 Å². The van der Waals surface area contributed by atoms with Crippen molar-refractivity contribution >= 4 is 60.8 Å². The van der Waals surface area contributed by atoms with Crippen LogP contribution in [0.3, 0.4) is 0 Å². The van der Waals surface area contributed by atoms with Crippen LogP contribution in [0.25, 0.3) is 93.9 Å². The van der Waals surface area contributed by atoms with Crippen molar-refractivity contribution in [1.82, 2.24) is 4.57 Å². The van der Waals surface area contributed by atoms with Gasteiger partial charge in [0.2, 0.25) is 0 Å². The van der Waals surface area contributed by atoms with Gasteiger partial charge in [-0.2, -0.15) is 0 Å². The molecule has 12 aromatic rings. The zero-order valence-corrected chi connectivity index (χ0v) is 34.4. The summed E-state index contributed by atoms with van der Waals surface area (Å²) in [6.07, 6.45) is 0. The van der Waals surface area contributed by atoms with Crippen molar-refractivity contribution < 1.29 is 4.42 Å². The number of anilines is 3. The highest BCUT2D eigenvalue weighted by Crippen LogP contribution is 2.45. The fourth-order valence-corrected chi connectivity index (χ4v) is 9.59. The van der Waals surface area contributed by atoms with Gasteiger partial charge in [0.15, 0.2) is 5.58 Å². The Morgan fingerprint density at radius 1 is 0.333 bits per heavy atom. The van der Waals surface area contributed by atoms with E-state index in [2.05, 4.69) is 246 Å². The maximum atomic E-state index is 6.74. The van der Waals surface area contributed by atoms with E-state index in [-0.39, 0.29) is 0 Å².